The molecule has 0 spiro atoms. The molecule has 140 valence electrons. The summed E-state index contributed by atoms with van der Waals surface area (Å²) in [5.41, 5.74) is 0. The maximum atomic E-state index is 10.5. The minimum atomic E-state index is -0.208. The van der Waals surface area contributed by atoms with Crippen LogP contribution in [-0.4, -0.2) is 44.0 Å². The topological polar surface area (TPSA) is 67.8 Å². The predicted octanol–water partition coefficient (Wildman–Crippen LogP) is 3.11. The molecule has 25 heavy (non-hydrogen) atoms. The molecular weight excluding hydrogens is 318 g/mol. The number of rotatable bonds is 5. The molecule has 0 radical (unpaired) electrons. The molecule has 0 bridgehead atoms. The lowest BCUT2D eigenvalue weighted by molar-refractivity contribution is -0.139. The standard InChI is InChI=1S/C11H15NO.C8H12O2.CH4O/c1-9-7-11(8-12-9)13-10-5-3-2-4-6-10;1-3-4-5-6-7-8(9)10-2;1-2/h2-6,9,11-12H,7-8H2,1H3;3-6H,7H2,1-2H3;2H,1H3/b;4-3-,6-5-;. The molecule has 1 saturated heterocycles. The van der Waals surface area contributed by atoms with Gasteiger partial charge in [-0.2, -0.15) is 0 Å². The Morgan fingerprint density at radius 2 is 1.96 bits per heavy atom. The zero-order valence-electron chi connectivity index (χ0n) is 15.6. The van der Waals surface area contributed by atoms with Crippen LogP contribution in [0.4, 0.5) is 0 Å². The van der Waals surface area contributed by atoms with Gasteiger partial charge in [-0.25, -0.2) is 0 Å². The number of carbonyl (C=O) groups excluding carboxylic acids is 1. The number of benzene rings is 1. The quantitative estimate of drug-likeness (QED) is 0.631. The monoisotopic (exact) mass is 349 g/mol. The highest BCUT2D eigenvalue weighted by molar-refractivity contribution is 5.70. The van der Waals surface area contributed by atoms with Crippen molar-refractivity contribution in [1.29, 1.82) is 0 Å². The van der Waals surface area contributed by atoms with Crippen LogP contribution < -0.4 is 10.1 Å². The van der Waals surface area contributed by atoms with Crippen molar-refractivity contribution in [3.63, 3.8) is 0 Å². The van der Waals surface area contributed by atoms with E-state index < -0.39 is 0 Å². The Hall–Kier alpha value is -2.11. The van der Waals surface area contributed by atoms with E-state index in [1.807, 2.05) is 55.5 Å². The van der Waals surface area contributed by atoms with E-state index in [0.717, 1.165) is 25.8 Å². The largest absolute Gasteiger partial charge is 0.489 e. The fourth-order valence-corrected chi connectivity index (χ4v) is 2.11. The van der Waals surface area contributed by atoms with Crippen LogP contribution >= 0.6 is 0 Å². The normalized spacial score (nSPS) is 18.9. The number of nitrogens with one attached hydrogen (secondary N) is 1. The van der Waals surface area contributed by atoms with Crippen LogP contribution in [0.5, 0.6) is 5.75 Å². The average molecular weight is 349 g/mol. The van der Waals surface area contributed by atoms with Gasteiger partial charge in [0.15, 0.2) is 0 Å². The Balaban J connectivity index is 0.000000434. The fourth-order valence-electron chi connectivity index (χ4n) is 2.11. The maximum Gasteiger partial charge on any atom is 0.309 e. The summed E-state index contributed by atoms with van der Waals surface area (Å²) in [5, 5.41) is 10.4. The highest BCUT2D eigenvalue weighted by atomic mass is 16.5. The van der Waals surface area contributed by atoms with Gasteiger partial charge in [0, 0.05) is 26.1 Å². The van der Waals surface area contributed by atoms with Crippen molar-refractivity contribution in [2.75, 3.05) is 20.8 Å². The minimum absolute atomic E-state index is 0.208. The van der Waals surface area contributed by atoms with Crippen LogP contribution in [0.15, 0.2) is 54.6 Å². The summed E-state index contributed by atoms with van der Waals surface area (Å²) in [4.78, 5) is 10.5. The van der Waals surface area contributed by atoms with Crippen molar-refractivity contribution >= 4 is 5.97 Å². The van der Waals surface area contributed by atoms with E-state index >= 15 is 0 Å². The molecule has 1 heterocycles. The molecule has 2 N–H and O–H groups in total. The first-order chi connectivity index (χ1) is 12.2. The van der Waals surface area contributed by atoms with Crippen molar-refractivity contribution < 1.29 is 19.4 Å². The fraction of sp³-hybridized carbons (Fsp3) is 0.450. The number of hydrogen-bond acceptors (Lipinski definition) is 5. The molecule has 0 aromatic heterocycles. The number of para-hydroxylation sites is 1. The van der Waals surface area contributed by atoms with Gasteiger partial charge < -0.3 is 19.9 Å². The highest BCUT2D eigenvalue weighted by Gasteiger charge is 2.21. The highest BCUT2D eigenvalue weighted by Crippen LogP contribution is 2.16. The predicted molar refractivity (Wildman–Crippen MR) is 102 cm³/mol. The van der Waals surface area contributed by atoms with Crippen LogP contribution in [0.2, 0.25) is 0 Å². The third-order valence-electron chi connectivity index (χ3n) is 3.31. The SMILES string of the molecule is C/C=C\C=C/CC(=O)OC.CC1CC(Oc2ccccc2)CN1.CO. The van der Waals surface area contributed by atoms with E-state index in [9.17, 15) is 4.79 Å². The molecule has 2 rings (SSSR count). The number of ether oxygens (including phenoxy) is 2. The number of allylic oxidation sites excluding steroid dienone is 3. The van der Waals surface area contributed by atoms with Crippen LogP contribution in [0.1, 0.15) is 26.7 Å². The second-order valence-electron chi connectivity index (χ2n) is 5.33. The Kier molecular flexibility index (Phi) is 14.1. The summed E-state index contributed by atoms with van der Waals surface area (Å²) < 4.78 is 10.2. The molecule has 2 unspecified atom stereocenters. The number of carbonyl (C=O) groups is 1. The number of hydrogen-bond donors (Lipinski definition) is 2. The average Bonchev–Trinajstić information content (AvgIpc) is 3.06. The summed E-state index contributed by atoms with van der Waals surface area (Å²) in [7, 11) is 2.38. The van der Waals surface area contributed by atoms with E-state index in [4.69, 9.17) is 9.84 Å². The van der Waals surface area contributed by atoms with Crippen LogP contribution in [0.25, 0.3) is 0 Å². The van der Waals surface area contributed by atoms with Crippen LogP contribution in [-0.2, 0) is 9.53 Å². The third kappa shape index (κ3) is 12.0. The molecular formula is C20H31NO4. The number of aliphatic hydroxyl groups excluding tert-OH is 1. The molecule has 0 amide bonds. The smallest absolute Gasteiger partial charge is 0.309 e. The maximum absolute atomic E-state index is 10.5. The van der Waals surface area contributed by atoms with E-state index in [2.05, 4.69) is 17.0 Å². The Morgan fingerprint density at radius 1 is 1.28 bits per heavy atom. The van der Waals surface area contributed by atoms with E-state index in [1.54, 1.807) is 6.08 Å². The van der Waals surface area contributed by atoms with Gasteiger partial charge >= 0.3 is 5.97 Å². The second kappa shape index (κ2) is 15.4. The molecule has 1 aliphatic heterocycles. The molecule has 0 saturated carbocycles. The lowest BCUT2D eigenvalue weighted by Gasteiger charge is -2.11. The van der Waals surface area contributed by atoms with Gasteiger partial charge in [0.2, 0.25) is 0 Å². The number of aliphatic hydroxyl groups is 1. The Bertz CT molecular complexity index is 500. The van der Waals surface area contributed by atoms with Gasteiger partial charge in [0.05, 0.1) is 13.5 Å². The zero-order chi connectivity index (χ0) is 18.9. The van der Waals surface area contributed by atoms with Gasteiger partial charge in [-0.15, -0.1) is 0 Å². The molecule has 5 heteroatoms. The molecule has 1 aromatic carbocycles. The van der Waals surface area contributed by atoms with Crippen molar-refractivity contribution in [3.05, 3.63) is 54.6 Å². The van der Waals surface area contributed by atoms with Gasteiger partial charge in [-0.1, -0.05) is 42.5 Å². The van der Waals surface area contributed by atoms with Crippen molar-refractivity contribution in [3.8, 4) is 5.75 Å². The van der Waals surface area contributed by atoms with Crippen molar-refractivity contribution in [2.24, 2.45) is 0 Å². The van der Waals surface area contributed by atoms with E-state index in [-0.39, 0.29) is 5.97 Å². The van der Waals surface area contributed by atoms with Gasteiger partial charge in [-0.3, -0.25) is 4.79 Å². The first-order valence-corrected chi connectivity index (χ1v) is 8.40. The van der Waals surface area contributed by atoms with Crippen molar-refractivity contribution in [2.45, 2.75) is 38.8 Å². The summed E-state index contributed by atoms with van der Waals surface area (Å²) in [5.74, 6) is 0.768. The Labute approximate surface area is 151 Å². The number of methoxy groups -OCH3 is 1. The van der Waals surface area contributed by atoms with Crippen LogP contribution in [0.3, 0.4) is 0 Å². The lowest BCUT2D eigenvalue weighted by Crippen LogP contribution is -2.20. The van der Waals surface area contributed by atoms with Gasteiger partial charge in [-0.05, 0) is 26.0 Å². The second-order valence-corrected chi connectivity index (χ2v) is 5.33. The van der Waals surface area contributed by atoms with Crippen molar-refractivity contribution in [1.82, 2.24) is 5.32 Å². The van der Waals surface area contributed by atoms with Crippen LogP contribution in [0, 0.1) is 0 Å². The third-order valence-corrected chi connectivity index (χ3v) is 3.31. The zero-order valence-corrected chi connectivity index (χ0v) is 15.6. The molecule has 1 aliphatic rings. The number of esters is 1. The molecule has 0 aliphatic carbocycles. The summed E-state index contributed by atoms with van der Waals surface area (Å²) in [6, 6.07) is 10.6. The summed E-state index contributed by atoms with van der Waals surface area (Å²) in [6.07, 6.45) is 9.13. The first-order valence-electron chi connectivity index (χ1n) is 8.40. The molecule has 1 fully saturated rings. The van der Waals surface area contributed by atoms with E-state index in [1.165, 1.54) is 7.11 Å². The molecule has 2 atom stereocenters. The summed E-state index contributed by atoms with van der Waals surface area (Å²) in [6.45, 7) is 5.08. The van der Waals surface area contributed by atoms with E-state index in [0.29, 0.717) is 18.6 Å². The Morgan fingerprint density at radius 3 is 2.48 bits per heavy atom. The lowest BCUT2D eigenvalue weighted by atomic mass is 10.2. The molecule has 1 aromatic rings. The summed E-state index contributed by atoms with van der Waals surface area (Å²) >= 11 is 0. The van der Waals surface area contributed by atoms with Gasteiger partial charge in [0.1, 0.15) is 11.9 Å². The first kappa shape index (κ1) is 22.9. The molecule has 5 nitrogen and oxygen atoms in total. The van der Waals surface area contributed by atoms with Gasteiger partial charge in [0.25, 0.3) is 0 Å². The minimum Gasteiger partial charge on any atom is -0.489 e.